The van der Waals surface area contributed by atoms with Crippen LogP contribution in [0.25, 0.3) is 0 Å². The number of rotatable bonds is 3. The van der Waals surface area contributed by atoms with Gasteiger partial charge in [-0.3, -0.25) is 9.69 Å². The Balaban J connectivity index is 1.63. The Morgan fingerprint density at radius 1 is 1.30 bits per heavy atom. The predicted octanol–water partition coefficient (Wildman–Crippen LogP) is 0.722. The third-order valence-corrected chi connectivity index (χ3v) is 4.83. The number of carbonyl (C=O) groups excluding carboxylic acids is 1. The molecule has 0 saturated carbocycles. The van der Waals surface area contributed by atoms with Crippen LogP contribution in [0.4, 0.5) is 0 Å². The Kier molecular flexibility index (Phi) is 4.94. The number of aliphatic hydroxyl groups is 1. The lowest BCUT2D eigenvalue weighted by atomic mass is 9.91. The highest BCUT2D eigenvalue weighted by Gasteiger charge is 2.34. The molecule has 2 aliphatic rings. The fourth-order valence-electron chi connectivity index (χ4n) is 3.43. The van der Waals surface area contributed by atoms with E-state index in [2.05, 4.69) is 9.88 Å². The molecule has 0 unspecified atom stereocenters. The first-order valence-corrected chi connectivity index (χ1v) is 8.24. The molecule has 3 heterocycles. The molecule has 0 bridgehead atoms. The van der Waals surface area contributed by atoms with Crippen LogP contribution in [0.1, 0.15) is 34.9 Å². The van der Waals surface area contributed by atoms with Crippen LogP contribution < -0.4 is 0 Å². The molecule has 1 N–H and O–H groups in total. The van der Waals surface area contributed by atoms with Gasteiger partial charge in [0, 0.05) is 25.7 Å². The average molecular weight is 319 g/mol. The largest absolute Gasteiger partial charge is 0.389 e. The molecule has 0 aromatic carbocycles. The molecule has 0 aliphatic carbocycles. The highest BCUT2D eigenvalue weighted by molar-refractivity contribution is 5.91. The van der Waals surface area contributed by atoms with Gasteiger partial charge in [0.25, 0.3) is 5.91 Å². The van der Waals surface area contributed by atoms with E-state index < -0.39 is 0 Å². The summed E-state index contributed by atoms with van der Waals surface area (Å²) in [5, 5.41) is 9.95. The first kappa shape index (κ1) is 16.4. The van der Waals surface area contributed by atoms with Crippen molar-refractivity contribution in [2.24, 2.45) is 0 Å². The molecule has 6 heteroatoms. The van der Waals surface area contributed by atoms with Crippen LogP contribution in [0, 0.1) is 0 Å². The molecule has 2 aliphatic heterocycles. The summed E-state index contributed by atoms with van der Waals surface area (Å²) >= 11 is 0. The van der Waals surface area contributed by atoms with Crippen LogP contribution in [-0.2, 0) is 4.74 Å². The first-order chi connectivity index (χ1) is 11.1. The van der Waals surface area contributed by atoms with Crippen LogP contribution in [-0.4, -0.2) is 78.3 Å². The molecule has 2 fully saturated rings. The zero-order chi connectivity index (χ0) is 16.4. The van der Waals surface area contributed by atoms with Crippen molar-refractivity contribution in [2.45, 2.75) is 30.9 Å². The Bertz CT molecular complexity index is 556. The molecule has 6 nitrogen and oxygen atoms in total. The maximum atomic E-state index is 12.1. The van der Waals surface area contributed by atoms with Crippen molar-refractivity contribution in [2.75, 3.05) is 40.4 Å². The van der Waals surface area contributed by atoms with Crippen molar-refractivity contribution in [3.63, 3.8) is 0 Å². The third kappa shape index (κ3) is 3.54. The Morgan fingerprint density at radius 3 is 2.65 bits per heavy atom. The Hall–Kier alpha value is -1.50. The van der Waals surface area contributed by atoms with E-state index in [-0.39, 0.29) is 18.1 Å². The zero-order valence-corrected chi connectivity index (χ0v) is 13.8. The number of nitrogens with zero attached hydrogens (tertiary/aromatic N) is 3. The Labute approximate surface area is 137 Å². The van der Waals surface area contributed by atoms with Gasteiger partial charge in [-0.25, -0.2) is 4.98 Å². The van der Waals surface area contributed by atoms with Crippen molar-refractivity contribution < 1.29 is 14.6 Å². The lowest BCUT2D eigenvalue weighted by Crippen LogP contribution is -2.46. The first-order valence-electron chi connectivity index (χ1n) is 8.24. The number of amides is 1. The SMILES string of the molecule is CN(C)C(=O)c1cccc(C2CCN([C@H]3COC[C@@H]3O)CC2)n1. The summed E-state index contributed by atoms with van der Waals surface area (Å²) in [6, 6.07) is 5.83. The van der Waals surface area contributed by atoms with E-state index in [4.69, 9.17) is 4.74 Å². The molecule has 1 aromatic heterocycles. The second-order valence-electron chi connectivity index (χ2n) is 6.63. The topological polar surface area (TPSA) is 65.9 Å². The van der Waals surface area contributed by atoms with Crippen LogP contribution >= 0.6 is 0 Å². The number of aromatic nitrogens is 1. The van der Waals surface area contributed by atoms with Crippen molar-refractivity contribution in [3.8, 4) is 0 Å². The van der Waals surface area contributed by atoms with Crippen molar-refractivity contribution in [1.82, 2.24) is 14.8 Å². The van der Waals surface area contributed by atoms with Gasteiger partial charge in [-0.2, -0.15) is 0 Å². The lowest BCUT2D eigenvalue weighted by Gasteiger charge is -2.36. The van der Waals surface area contributed by atoms with Gasteiger partial charge >= 0.3 is 0 Å². The average Bonchev–Trinajstić information content (AvgIpc) is 3.00. The van der Waals surface area contributed by atoms with Gasteiger partial charge in [-0.1, -0.05) is 6.07 Å². The van der Waals surface area contributed by atoms with Crippen molar-refractivity contribution in [1.29, 1.82) is 0 Å². The molecular formula is C17H25N3O3. The number of aliphatic hydroxyl groups excluding tert-OH is 1. The summed E-state index contributed by atoms with van der Waals surface area (Å²) in [5.41, 5.74) is 1.51. The minimum atomic E-state index is -0.370. The van der Waals surface area contributed by atoms with E-state index in [9.17, 15) is 9.90 Å². The van der Waals surface area contributed by atoms with E-state index in [1.807, 2.05) is 12.1 Å². The smallest absolute Gasteiger partial charge is 0.271 e. The number of piperidine rings is 1. The highest BCUT2D eigenvalue weighted by Crippen LogP contribution is 2.29. The second kappa shape index (κ2) is 6.95. The van der Waals surface area contributed by atoms with Gasteiger partial charge in [0.15, 0.2) is 0 Å². The third-order valence-electron chi connectivity index (χ3n) is 4.83. The quantitative estimate of drug-likeness (QED) is 0.889. The maximum absolute atomic E-state index is 12.1. The van der Waals surface area contributed by atoms with Crippen molar-refractivity contribution in [3.05, 3.63) is 29.6 Å². The second-order valence-corrected chi connectivity index (χ2v) is 6.63. The van der Waals surface area contributed by atoms with Gasteiger partial charge in [-0.05, 0) is 38.1 Å². The highest BCUT2D eigenvalue weighted by atomic mass is 16.5. The van der Waals surface area contributed by atoms with Gasteiger partial charge in [0.05, 0.1) is 25.4 Å². The number of likely N-dealkylation sites (tertiary alicyclic amines) is 1. The van der Waals surface area contributed by atoms with Gasteiger partial charge in [0.1, 0.15) is 5.69 Å². The summed E-state index contributed by atoms with van der Waals surface area (Å²) < 4.78 is 5.35. The van der Waals surface area contributed by atoms with Gasteiger partial charge in [0.2, 0.25) is 0 Å². The van der Waals surface area contributed by atoms with E-state index in [1.165, 1.54) is 0 Å². The number of ether oxygens (including phenoxy) is 1. The van der Waals surface area contributed by atoms with E-state index >= 15 is 0 Å². The number of carbonyl (C=O) groups is 1. The van der Waals surface area contributed by atoms with Crippen LogP contribution in [0.3, 0.4) is 0 Å². The van der Waals surface area contributed by atoms with E-state index in [0.717, 1.165) is 31.6 Å². The van der Waals surface area contributed by atoms with Gasteiger partial charge < -0.3 is 14.7 Å². The summed E-state index contributed by atoms with van der Waals surface area (Å²) in [6.45, 7) is 2.93. The number of hydrogen-bond acceptors (Lipinski definition) is 5. The monoisotopic (exact) mass is 319 g/mol. The molecule has 0 radical (unpaired) electrons. The fourth-order valence-corrected chi connectivity index (χ4v) is 3.43. The molecule has 126 valence electrons. The minimum absolute atomic E-state index is 0.0597. The van der Waals surface area contributed by atoms with Crippen LogP contribution in [0.2, 0.25) is 0 Å². The van der Waals surface area contributed by atoms with Crippen molar-refractivity contribution >= 4 is 5.91 Å². The number of pyridine rings is 1. The molecule has 1 aromatic rings. The molecule has 1 amide bonds. The van der Waals surface area contributed by atoms with Crippen LogP contribution in [0.5, 0.6) is 0 Å². The fraction of sp³-hybridized carbons (Fsp3) is 0.647. The normalized spacial score (nSPS) is 26.4. The van der Waals surface area contributed by atoms with E-state index in [1.54, 1.807) is 25.1 Å². The predicted molar refractivity (Wildman–Crippen MR) is 86.4 cm³/mol. The summed E-state index contributed by atoms with van der Waals surface area (Å²) in [7, 11) is 3.48. The molecule has 23 heavy (non-hydrogen) atoms. The Morgan fingerprint density at radius 2 is 2.04 bits per heavy atom. The molecule has 0 spiro atoms. The molecule has 3 rings (SSSR count). The summed E-state index contributed by atoms with van der Waals surface area (Å²) in [6.07, 6.45) is 1.62. The molecule has 2 atom stereocenters. The number of hydrogen-bond donors (Lipinski definition) is 1. The molecular weight excluding hydrogens is 294 g/mol. The zero-order valence-electron chi connectivity index (χ0n) is 13.8. The van der Waals surface area contributed by atoms with Crippen LogP contribution in [0.15, 0.2) is 18.2 Å². The van der Waals surface area contributed by atoms with E-state index in [0.29, 0.717) is 24.8 Å². The lowest BCUT2D eigenvalue weighted by molar-refractivity contribution is 0.0659. The minimum Gasteiger partial charge on any atom is -0.389 e. The molecule has 2 saturated heterocycles. The van der Waals surface area contributed by atoms with Gasteiger partial charge in [-0.15, -0.1) is 0 Å². The maximum Gasteiger partial charge on any atom is 0.271 e. The standard InChI is InChI=1S/C17H25N3O3/c1-19(2)17(22)14-5-3-4-13(18-14)12-6-8-20(9-7-12)15-10-23-11-16(15)21/h3-5,12,15-16,21H,6-11H2,1-2H3/t15-,16-/m0/s1. The summed E-state index contributed by atoms with van der Waals surface area (Å²) in [5.74, 6) is 0.316. The summed E-state index contributed by atoms with van der Waals surface area (Å²) in [4.78, 5) is 20.5.